The fourth-order valence-corrected chi connectivity index (χ4v) is 4.47. The van der Waals surface area contributed by atoms with Gasteiger partial charge >= 0.3 is 5.97 Å². The van der Waals surface area contributed by atoms with Crippen molar-refractivity contribution in [3.8, 4) is 17.2 Å². The number of aromatic hydroxyl groups is 1. The van der Waals surface area contributed by atoms with Crippen LogP contribution in [-0.4, -0.2) is 30.8 Å². The van der Waals surface area contributed by atoms with Crippen LogP contribution in [0.15, 0.2) is 73.1 Å². The van der Waals surface area contributed by atoms with Crippen molar-refractivity contribution in [3.05, 3.63) is 111 Å². The van der Waals surface area contributed by atoms with E-state index in [1.54, 1.807) is 54.9 Å². The van der Waals surface area contributed by atoms with E-state index in [-0.39, 0.29) is 29.9 Å². The molecule has 0 aliphatic heterocycles. The van der Waals surface area contributed by atoms with Crippen LogP contribution in [0.2, 0.25) is 10.0 Å². The Kier molecular flexibility index (Phi) is 10.6. The molecule has 0 unspecified atom stereocenters. The number of carbonyl (C=O) groups excluding carboxylic acids is 1. The molecule has 3 aromatic carbocycles. The lowest BCUT2D eigenvalue weighted by Crippen LogP contribution is -2.16. The highest BCUT2D eigenvalue weighted by atomic mass is 35.5. The Hall–Kier alpha value is -4.05. The smallest absolute Gasteiger partial charge is 0.338 e. The highest BCUT2D eigenvalue weighted by Gasteiger charge is 2.24. The summed E-state index contributed by atoms with van der Waals surface area (Å²) in [7, 11) is 3.06. The van der Waals surface area contributed by atoms with Crippen LogP contribution in [0.1, 0.15) is 33.2 Å². The predicted molar refractivity (Wildman–Crippen MR) is 148 cm³/mol. The second kappa shape index (κ2) is 13.8. The van der Waals surface area contributed by atoms with E-state index in [0.29, 0.717) is 38.2 Å². The number of anilines is 1. The second-order valence-corrected chi connectivity index (χ2v) is 9.37. The van der Waals surface area contributed by atoms with Crippen molar-refractivity contribution in [1.29, 1.82) is 0 Å². The highest BCUT2D eigenvalue weighted by molar-refractivity contribution is 6.35. The molecule has 1 heterocycles. The molecule has 8 nitrogen and oxygen atoms in total. The first kappa shape index (κ1) is 30.5. The number of halogens is 3. The molecule has 11 heteroatoms. The van der Waals surface area contributed by atoms with E-state index in [9.17, 15) is 14.3 Å². The molecule has 0 aliphatic rings. The molecule has 1 atom stereocenters. The van der Waals surface area contributed by atoms with E-state index in [4.69, 9.17) is 37.4 Å². The van der Waals surface area contributed by atoms with Gasteiger partial charge in [-0.2, -0.15) is 0 Å². The van der Waals surface area contributed by atoms with Gasteiger partial charge < -0.3 is 30.1 Å². The molecular formula is C29H27Cl2FN2O6. The van der Waals surface area contributed by atoms with E-state index in [1.807, 2.05) is 0 Å². The average molecular weight is 589 g/mol. The summed E-state index contributed by atoms with van der Waals surface area (Å²) in [5.74, 6) is -0.0628. The number of phenolic OH excluding ortho intramolecular Hbond substituents is 1. The zero-order valence-electron chi connectivity index (χ0n) is 21.6. The summed E-state index contributed by atoms with van der Waals surface area (Å²) in [6.07, 6.45) is 2.67. The van der Waals surface area contributed by atoms with E-state index in [2.05, 4.69) is 10.3 Å². The van der Waals surface area contributed by atoms with Gasteiger partial charge in [0.05, 0.1) is 25.5 Å². The third kappa shape index (κ3) is 7.32. The average Bonchev–Trinajstić information content (AvgIpc) is 2.94. The molecular weight excluding hydrogens is 562 g/mol. The van der Waals surface area contributed by atoms with Gasteiger partial charge in [-0.25, -0.2) is 14.2 Å². The largest absolute Gasteiger partial charge is 0.870 e. The van der Waals surface area contributed by atoms with Gasteiger partial charge in [-0.05, 0) is 47.5 Å². The molecule has 4 aromatic rings. The minimum absolute atomic E-state index is 0. The van der Waals surface area contributed by atoms with E-state index < -0.39 is 17.9 Å². The van der Waals surface area contributed by atoms with Crippen LogP contribution in [0.3, 0.4) is 0 Å². The normalized spacial score (nSPS) is 11.2. The van der Waals surface area contributed by atoms with Gasteiger partial charge in [0.1, 0.15) is 27.7 Å². The number of aromatic nitrogens is 1. The fourth-order valence-electron chi connectivity index (χ4n) is 3.94. The Balaban J connectivity index is 0.00000441. The Morgan fingerprint density at radius 1 is 0.975 bits per heavy atom. The zero-order chi connectivity index (χ0) is 27.9. The van der Waals surface area contributed by atoms with E-state index in [0.717, 1.165) is 5.56 Å². The number of ether oxygens (including phenoxy) is 3. The Morgan fingerprint density at radius 2 is 1.65 bits per heavy atom. The van der Waals surface area contributed by atoms with Crippen LogP contribution in [0.25, 0.3) is 0 Å². The van der Waals surface area contributed by atoms with Crippen molar-refractivity contribution in [1.82, 2.24) is 0 Å². The molecule has 1 aromatic heterocycles. The molecule has 0 spiro atoms. The number of aromatic amines is 1. The summed E-state index contributed by atoms with van der Waals surface area (Å²) in [6, 6.07) is 15.7. The summed E-state index contributed by atoms with van der Waals surface area (Å²) in [5.41, 5.74) is 2.57. The minimum Gasteiger partial charge on any atom is -0.870 e. The predicted octanol–water partition coefficient (Wildman–Crippen LogP) is 6.25. The fraction of sp³-hybridized carbons (Fsp3) is 0.172. The molecule has 0 amide bonds. The number of H-pyrrole nitrogens is 1. The number of hydrogen-bond donors (Lipinski definition) is 2. The van der Waals surface area contributed by atoms with Gasteiger partial charge in [0.2, 0.25) is 0 Å². The number of carbonyl (C=O) groups is 1. The maximum Gasteiger partial charge on any atom is 0.338 e. The van der Waals surface area contributed by atoms with Gasteiger partial charge in [0.25, 0.3) is 0 Å². The number of methoxy groups -OCH3 is 2. The van der Waals surface area contributed by atoms with Gasteiger partial charge in [-0.15, -0.1) is 0 Å². The topological polar surface area (TPSA) is 121 Å². The van der Waals surface area contributed by atoms with Crippen molar-refractivity contribution in [3.63, 3.8) is 0 Å². The molecule has 4 rings (SSSR count). The standard InChI is InChI=1S/C29H25Cl2FN2O5.H2O/c1-37-26-10-7-19(11-28(26)38-2)27(13-21-22(30)15-33-16-23(21)31)39-29(36)18-5-3-17(4-6-18)14-34-25-12-20(35)8-9-24(25)32;/h3-12,15-16,27,34-35H,13-14H2,1-2H3;1H2/t27-;/m0./s1. The summed E-state index contributed by atoms with van der Waals surface area (Å²) in [4.78, 5) is 16.1. The molecule has 0 saturated heterocycles. The number of esters is 1. The molecule has 0 bridgehead atoms. The van der Waals surface area contributed by atoms with E-state index in [1.165, 1.54) is 32.4 Å². The van der Waals surface area contributed by atoms with Crippen molar-refractivity contribution in [2.75, 3.05) is 19.5 Å². The lowest BCUT2D eigenvalue weighted by Gasteiger charge is -2.20. The second-order valence-electron chi connectivity index (χ2n) is 8.56. The molecule has 4 N–H and O–H groups in total. The number of nitrogens with one attached hydrogen (secondary N) is 2. The molecule has 0 fully saturated rings. The lowest BCUT2D eigenvalue weighted by molar-refractivity contribution is -0.377. The summed E-state index contributed by atoms with van der Waals surface area (Å²) in [5, 5.41) is 13.3. The number of pyridine rings is 1. The third-order valence-electron chi connectivity index (χ3n) is 6.04. The first-order valence-electron chi connectivity index (χ1n) is 11.9. The summed E-state index contributed by atoms with van der Waals surface area (Å²) >= 11 is 12.8. The van der Waals surface area contributed by atoms with Crippen LogP contribution < -0.4 is 19.8 Å². The number of benzene rings is 3. The molecule has 40 heavy (non-hydrogen) atoms. The Bertz CT molecular complexity index is 1450. The monoisotopic (exact) mass is 588 g/mol. The SMILES string of the molecule is COc1ccc([C@H](Cc2c(Cl)c[nH+]cc2Cl)OC(=O)c2ccc(CNc3cc(O)ccc3F)cc2)cc1OC.[OH-]. The number of rotatable bonds is 10. The van der Waals surface area contributed by atoms with Crippen molar-refractivity contribution >= 4 is 34.9 Å². The first-order valence-corrected chi connectivity index (χ1v) is 12.6. The van der Waals surface area contributed by atoms with Crippen LogP contribution in [0.5, 0.6) is 17.2 Å². The third-order valence-corrected chi connectivity index (χ3v) is 6.71. The van der Waals surface area contributed by atoms with Crippen molar-refractivity contribution in [2.24, 2.45) is 0 Å². The van der Waals surface area contributed by atoms with Crippen LogP contribution in [-0.2, 0) is 17.7 Å². The number of hydrogen-bond acceptors (Lipinski definition) is 7. The van der Waals surface area contributed by atoms with Crippen LogP contribution >= 0.6 is 23.2 Å². The van der Waals surface area contributed by atoms with Gasteiger partial charge in [0, 0.05) is 24.6 Å². The maximum absolute atomic E-state index is 13.9. The maximum atomic E-state index is 13.9. The molecule has 210 valence electrons. The first-order chi connectivity index (χ1) is 18.8. The van der Waals surface area contributed by atoms with Gasteiger partial charge in [-0.3, -0.25) is 0 Å². The molecule has 0 radical (unpaired) electrons. The minimum atomic E-state index is -0.746. The zero-order valence-corrected chi connectivity index (χ0v) is 23.1. The number of phenols is 1. The van der Waals surface area contributed by atoms with Crippen molar-refractivity contribution in [2.45, 2.75) is 19.1 Å². The van der Waals surface area contributed by atoms with Crippen LogP contribution in [0.4, 0.5) is 10.1 Å². The highest BCUT2D eigenvalue weighted by Crippen LogP contribution is 2.35. The van der Waals surface area contributed by atoms with Gasteiger partial charge in [-0.1, -0.05) is 41.4 Å². The van der Waals surface area contributed by atoms with Gasteiger partial charge in [0.15, 0.2) is 23.9 Å². The Labute approximate surface area is 240 Å². The summed E-state index contributed by atoms with van der Waals surface area (Å²) in [6.45, 7) is 0.284. The van der Waals surface area contributed by atoms with Crippen molar-refractivity contribution < 1.29 is 39.0 Å². The summed E-state index contributed by atoms with van der Waals surface area (Å²) < 4.78 is 30.6. The van der Waals surface area contributed by atoms with E-state index >= 15 is 0 Å². The van der Waals surface area contributed by atoms with Crippen LogP contribution in [0, 0.1) is 5.82 Å². The lowest BCUT2D eigenvalue weighted by atomic mass is 10.0. The Morgan fingerprint density at radius 3 is 2.30 bits per heavy atom. The molecule has 0 aliphatic carbocycles. The quantitative estimate of drug-likeness (QED) is 0.210. The molecule has 0 saturated carbocycles.